The van der Waals surface area contributed by atoms with Gasteiger partial charge in [0.05, 0.1) is 27.0 Å². The molecule has 2 heterocycles. The van der Waals surface area contributed by atoms with Gasteiger partial charge < -0.3 is 5.32 Å². The maximum atomic E-state index is 4.68. The van der Waals surface area contributed by atoms with Gasteiger partial charge in [-0.05, 0) is 31.3 Å². The van der Waals surface area contributed by atoms with Crippen LogP contribution in [-0.2, 0) is 6.42 Å². The molecule has 96 valence electrons. The quantitative estimate of drug-likeness (QED) is 0.790. The van der Waals surface area contributed by atoms with Crippen molar-refractivity contribution in [1.82, 2.24) is 15.3 Å². The Morgan fingerprint density at radius 3 is 2.74 bits per heavy atom. The van der Waals surface area contributed by atoms with Crippen molar-refractivity contribution < 1.29 is 0 Å². The second kappa shape index (κ2) is 5.47. The van der Waals surface area contributed by atoms with E-state index in [2.05, 4.69) is 39.6 Å². The Kier molecular flexibility index (Phi) is 3.53. The van der Waals surface area contributed by atoms with Gasteiger partial charge in [-0.1, -0.05) is 18.2 Å². The van der Waals surface area contributed by atoms with Crippen LogP contribution >= 0.6 is 11.3 Å². The van der Waals surface area contributed by atoms with Gasteiger partial charge in [0.15, 0.2) is 0 Å². The van der Waals surface area contributed by atoms with Crippen LogP contribution in [0, 0.1) is 0 Å². The number of para-hydroxylation sites is 1. The maximum Gasteiger partial charge on any atom is 0.0958 e. The minimum Gasteiger partial charge on any atom is -0.311 e. The lowest BCUT2D eigenvalue weighted by Crippen LogP contribution is -2.19. The number of hydrogen-bond acceptors (Lipinski definition) is 4. The molecule has 0 fully saturated rings. The topological polar surface area (TPSA) is 37.8 Å². The number of nitrogens with one attached hydrogen (secondary N) is 1. The number of hydrogen-bond donors (Lipinski definition) is 1. The van der Waals surface area contributed by atoms with Crippen LogP contribution in [0.2, 0.25) is 0 Å². The molecular weight excluding hydrogens is 254 g/mol. The normalized spacial score (nSPS) is 12.7. The number of thiazole rings is 1. The average Bonchev–Trinajstić information content (AvgIpc) is 2.88. The van der Waals surface area contributed by atoms with Gasteiger partial charge in [0.1, 0.15) is 0 Å². The van der Waals surface area contributed by atoms with Crippen molar-refractivity contribution in [3.05, 3.63) is 59.4 Å². The molecule has 0 amide bonds. The molecule has 0 radical (unpaired) electrons. The average molecular weight is 269 g/mol. The first-order chi connectivity index (χ1) is 9.36. The Labute approximate surface area is 116 Å². The molecular formula is C15H15N3S. The standard InChI is InChI=1S/C15H15N3S/c1-16-13(11-6-4-5-9-17-11)10-15-18-12-7-2-3-8-14(12)19-15/h2-9,13,16H,10H2,1H3. The summed E-state index contributed by atoms with van der Waals surface area (Å²) in [6, 6.07) is 14.5. The van der Waals surface area contributed by atoms with Crippen LogP contribution in [0.5, 0.6) is 0 Å². The van der Waals surface area contributed by atoms with E-state index in [1.54, 1.807) is 11.3 Å². The van der Waals surface area contributed by atoms with Crippen molar-refractivity contribution in [3.63, 3.8) is 0 Å². The highest BCUT2D eigenvalue weighted by Gasteiger charge is 2.13. The van der Waals surface area contributed by atoms with Crippen molar-refractivity contribution in [2.45, 2.75) is 12.5 Å². The van der Waals surface area contributed by atoms with E-state index < -0.39 is 0 Å². The van der Waals surface area contributed by atoms with Gasteiger partial charge in [0, 0.05) is 12.6 Å². The van der Waals surface area contributed by atoms with Crippen molar-refractivity contribution in [3.8, 4) is 0 Å². The molecule has 3 nitrogen and oxygen atoms in total. The van der Waals surface area contributed by atoms with Crippen molar-refractivity contribution in [2.75, 3.05) is 7.05 Å². The molecule has 0 bridgehead atoms. The van der Waals surface area contributed by atoms with Crippen LogP contribution in [-0.4, -0.2) is 17.0 Å². The molecule has 1 N–H and O–H groups in total. The first-order valence-electron chi connectivity index (χ1n) is 6.29. The fourth-order valence-corrected chi connectivity index (χ4v) is 3.13. The predicted octanol–water partition coefficient (Wildman–Crippen LogP) is 3.19. The predicted molar refractivity (Wildman–Crippen MR) is 79.4 cm³/mol. The summed E-state index contributed by atoms with van der Waals surface area (Å²) in [7, 11) is 1.96. The Morgan fingerprint density at radius 2 is 2.00 bits per heavy atom. The third-order valence-electron chi connectivity index (χ3n) is 3.11. The van der Waals surface area contributed by atoms with E-state index in [4.69, 9.17) is 0 Å². The molecule has 1 atom stereocenters. The van der Waals surface area contributed by atoms with E-state index in [-0.39, 0.29) is 6.04 Å². The lowest BCUT2D eigenvalue weighted by Gasteiger charge is -2.13. The molecule has 0 saturated heterocycles. The summed E-state index contributed by atoms with van der Waals surface area (Å²) in [4.78, 5) is 9.09. The van der Waals surface area contributed by atoms with E-state index >= 15 is 0 Å². The van der Waals surface area contributed by atoms with E-state index in [1.807, 2.05) is 31.4 Å². The number of likely N-dealkylation sites (N-methyl/N-ethyl adjacent to an activating group) is 1. The number of rotatable bonds is 4. The van der Waals surface area contributed by atoms with Crippen molar-refractivity contribution >= 4 is 21.6 Å². The van der Waals surface area contributed by atoms with Crippen LogP contribution in [0.4, 0.5) is 0 Å². The van der Waals surface area contributed by atoms with E-state index in [0.717, 1.165) is 22.6 Å². The van der Waals surface area contributed by atoms with Gasteiger partial charge in [-0.3, -0.25) is 4.98 Å². The molecule has 0 aliphatic rings. The molecule has 0 aliphatic carbocycles. The van der Waals surface area contributed by atoms with Crippen molar-refractivity contribution in [1.29, 1.82) is 0 Å². The highest BCUT2D eigenvalue weighted by atomic mass is 32.1. The zero-order valence-electron chi connectivity index (χ0n) is 10.7. The molecule has 3 aromatic rings. The summed E-state index contributed by atoms with van der Waals surface area (Å²) in [5.41, 5.74) is 2.14. The fourth-order valence-electron chi connectivity index (χ4n) is 2.12. The highest BCUT2D eigenvalue weighted by molar-refractivity contribution is 7.18. The maximum absolute atomic E-state index is 4.68. The van der Waals surface area contributed by atoms with Gasteiger partial charge in [-0.25, -0.2) is 4.98 Å². The zero-order chi connectivity index (χ0) is 13.1. The molecule has 0 saturated carbocycles. The minimum absolute atomic E-state index is 0.210. The van der Waals surface area contributed by atoms with Crippen LogP contribution in [0.25, 0.3) is 10.2 Å². The number of aromatic nitrogens is 2. The van der Waals surface area contributed by atoms with Gasteiger partial charge in [-0.15, -0.1) is 11.3 Å². The van der Waals surface area contributed by atoms with E-state index in [1.165, 1.54) is 4.70 Å². The van der Waals surface area contributed by atoms with Gasteiger partial charge >= 0.3 is 0 Å². The molecule has 2 aromatic heterocycles. The lowest BCUT2D eigenvalue weighted by atomic mass is 10.1. The van der Waals surface area contributed by atoms with Crippen LogP contribution < -0.4 is 5.32 Å². The summed E-state index contributed by atoms with van der Waals surface area (Å²) in [5, 5.41) is 4.46. The van der Waals surface area contributed by atoms with Gasteiger partial charge in [-0.2, -0.15) is 0 Å². The Morgan fingerprint density at radius 1 is 1.16 bits per heavy atom. The Bertz CT molecular complexity index is 630. The van der Waals surface area contributed by atoms with Crippen LogP contribution in [0.15, 0.2) is 48.7 Å². The summed E-state index contributed by atoms with van der Waals surface area (Å²) >= 11 is 1.76. The number of pyridine rings is 1. The largest absolute Gasteiger partial charge is 0.311 e. The Balaban J connectivity index is 1.86. The third kappa shape index (κ3) is 2.64. The van der Waals surface area contributed by atoms with Crippen LogP contribution in [0.3, 0.4) is 0 Å². The molecule has 0 spiro atoms. The first-order valence-corrected chi connectivity index (χ1v) is 7.11. The molecule has 19 heavy (non-hydrogen) atoms. The Hall–Kier alpha value is -1.78. The summed E-state index contributed by atoms with van der Waals surface area (Å²) in [6.45, 7) is 0. The van der Waals surface area contributed by atoms with E-state index in [0.29, 0.717) is 0 Å². The second-order valence-corrected chi connectivity index (χ2v) is 5.49. The summed E-state index contributed by atoms with van der Waals surface area (Å²) in [5.74, 6) is 0. The van der Waals surface area contributed by atoms with Crippen LogP contribution in [0.1, 0.15) is 16.7 Å². The molecule has 1 aromatic carbocycles. The summed E-state index contributed by atoms with van der Waals surface area (Å²) in [6.07, 6.45) is 2.70. The monoisotopic (exact) mass is 269 g/mol. The third-order valence-corrected chi connectivity index (χ3v) is 4.17. The molecule has 3 rings (SSSR count). The molecule has 1 unspecified atom stereocenters. The molecule has 4 heteroatoms. The van der Waals surface area contributed by atoms with Gasteiger partial charge in [0.25, 0.3) is 0 Å². The van der Waals surface area contributed by atoms with Gasteiger partial charge in [0.2, 0.25) is 0 Å². The number of benzene rings is 1. The lowest BCUT2D eigenvalue weighted by molar-refractivity contribution is 0.575. The number of nitrogens with zero attached hydrogens (tertiary/aromatic N) is 2. The van der Waals surface area contributed by atoms with Crippen molar-refractivity contribution in [2.24, 2.45) is 0 Å². The highest BCUT2D eigenvalue weighted by Crippen LogP contribution is 2.25. The smallest absolute Gasteiger partial charge is 0.0958 e. The first kappa shape index (κ1) is 12.3. The second-order valence-electron chi connectivity index (χ2n) is 4.38. The fraction of sp³-hybridized carbons (Fsp3) is 0.200. The minimum atomic E-state index is 0.210. The number of fused-ring (bicyclic) bond motifs is 1. The summed E-state index contributed by atoms with van der Waals surface area (Å²) < 4.78 is 1.24. The molecule has 0 aliphatic heterocycles. The van der Waals surface area contributed by atoms with E-state index in [9.17, 15) is 0 Å². The SMILES string of the molecule is CNC(Cc1nc2ccccc2s1)c1ccccn1. The zero-order valence-corrected chi connectivity index (χ0v) is 11.5.